The molecule has 2 aliphatic rings. The lowest BCUT2D eigenvalue weighted by molar-refractivity contribution is -0.132. The molecule has 26 heavy (non-hydrogen) atoms. The van der Waals surface area contributed by atoms with Gasteiger partial charge in [-0.15, -0.1) is 0 Å². The Labute approximate surface area is 152 Å². The maximum atomic E-state index is 12.5. The standard InChI is InChI=1S/C19H23N5O2/c25-18(6-5-15-4-3-7-20-13-15)23-10-11-24-16(14-23)12-17(21-24)19(26)22-8-1-2-9-22/h3-4,7,12-13H,1-2,5-6,8-11,14H2. The summed E-state index contributed by atoms with van der Waals surface area (Å²) in [4.78, 5) is 32.8. The number of aryl methyl sites for hydroxylation is 1. The Morgan fingerprint density at radius 3 is 2.69 bits per heavy atom. The van der Waals surface area contributed by atoms with Crippen LogP contribution in [0.15, 0.2) is 30.6 Å². The molecule has 4 heterocycles. The molecular weight excluding hydrogens is 330 g/mol. The number of rotatable bonds is 4. The van der Waals surface area contributed by atoms with Crippen LogP contribution in [-0.4, -0.2) is 56.0 Å². The van der Waals surface area contributed by atoms with E-state index in [1.54, 1.807) is 12.4 Å². The summed E-state index contributed by atoms with van der Waals surface area (Å²) >= 11 is 0. The fourth-order valence-corrected chi connectivity index (χ4v) is 3.62. The summed E-state index contributed by atoms with van der Waals surface area (Å²) < 4.78 is 1.87. The first-order valence-electron chi connectivity index (χ1n) is 9.23. The van der Waals surface area contributed by atoms with Crippen LogP contribution in [0.1, 0.15) is 41.0 Å². The zero-order chi connectivity index (χ0) is 17.9. The molecule has 0 aromatic carbocycles. The third kappa shape index (κ3) is 3.47. The lowest BCUT2D eigenvalue weighted by atomic mass is 10.1. The Bertz CT molecular complexity index is 796. The Kier molecular flexibility index (Phi) is 4.69. The van der Waals surface area contributed by atoms with Crippen LogP contribution in [0.2, 0.25) is 0 Å². The van der Waals surface area contributed by atoms with Crippen LogP contribution in [0.3, 0.4) is 0 Å². The van der Waals surface area contributed by atoms with Crippen LogP contribution in [-0.2, 0) is 24.3 Å². The number of hydrogen-bond donors (Lipinski definition) is 0. The van der Waals surface area contributed by atoms with E-state index in [0.717, 1.165) is 37.2 Å². The Balaban J connectivity index is 1.38. The van der Waals surface area contributed by atoms with Crippen LogP contribution in [0.25, 0.3) is 0 Å². The highest BCUT2D eigenvalue weighted by molar-refractivity contribution is 5.92. The third-order valence-electron chi connectivity index (χ3n) is 5.11. The summed E-state index contributed by atoms with van der Waals surface area (Å²) in [6.07, 6.45) is 6.84. The van der Waals surface area contributed by atoms with Crippen molar-refractivity contribution in [3.63, 3.8) is 0 Å². The quantitative estimate of drug-likeness (QED) is 0.835. The van der Waals surface area contributed by atoms with Crippen molar-refractivity contribution in [1.82, 2.24) is 24.6 Å². The van der Waals surface area contributed by atoms with Gasteiger partial charge in [0, 0.05) is 38.4 Å². The van der Waals surface area contributed by atoms with Crippen LogP contribution in [0.4, 0.5) is 0 Å². The molecule has 2 aliphatic heterocycles. The second-order valence-electron chi connectivity index (χ2n) is 6.92. The molecule has 0 saturated carbocycles. The largest absolute Gasteiger partial charge is 0.337 e. The molecule has 0 aliphatic carbocycles. The minimum absolute atomic E-state index is 0.0128. The molecule has 0 spiro atoms. The van der Waals surface area contributed by atoms with Crippen molar-refractivity contribution < 1.29 is 9.59 Å². The molecule has 7 nitrogen and oxygen atoms in total. The highest BCUT2D eigenvalue weighted by Crippen LogP contribution is 2.18. The molecule has 0 N–H and O–H groups in total. The molecule has 0 bridgehead atoms. The number of amides is 2. The maximum Gasteiger partial charge on any atom is 0.274 e. The molecule has 2 aromatic rings. The molecule has 2 aromatic heterocycles. The minimum Gasteiger partial charge on any atom is -0.337 e. The van der Waals surface area contributed by atoms with Gasteiger partial charge in [0.2, 0.25) is 5.91 Å². The van der Waals surface area contributed by atoms with Gasteiger partial charge in [-0.05, 0) is 37.0 Å². The van der Waals surface area contributed by atoms with Crippen molar-refractivity contribution in [2.75, 3.05) is 19.6 Å². The number of aromatic nitrogens is 3. The molecule has 0 atom stereocenters. The smallest absolute Gasteiger partial charge is 0.274 e. The number of hydrogen-bond acceptors (Lipinski definition) is 4. The first-order valence-corrected chi connectivity index (χ1v) is 9.23. The van der Waals surface area contributed by atoms with Gasteiger partial charge in [0.05, 0.1) is 18.8 Å². The molecule has 2 amide bonds. The molecule has 4 rings (SSSR count). The summed E-state index contributed by atoms with van der Waals surface area (Å²) in [5.74, 6) is 0.146. The molecular formula is C19H23N5O2. The summed E-state index contributed by atoms with van der Waals surface area (Å²) in [6, 6.07) is 5.72. The van der Waals surface area contributed by atoms with Gasteiger partial charge in [0.1, 0.15) is 0 Å². The minimum atomic E-state index is 0.0128. The van der Waals surface area contributed by atoms with Gasteiger partial charge in [-0.3, -0.25) is 19.3 Å². The van der Waals surface area contributed by atoms with Gasteiger partial charge in [-0.1, -0.05) is 6.07 Å². The maximum absolute atomic E-state index is 12.5. The second kappa shape index (κ2) is 7.27. The van der Waals surface area contributed by atoms with E-state index in [0.29, 0.717) is 38.2 Å². The van der Waals surface area contributed by atoms with E-state index < -0.39 is 0 Å². The number of carbonyl (C=O) groups is 2. The van der Waals surface area contributed by atoms with E-state index in [4.69, 9.17) is 0 Å². The van der Waals surface area contributed by atoms with Crippen molar-refractivity contribution in [3.8, 4) is 0 Å². The van der Waals surface area contributed by atoms with E-state index in [1.165, 1.54) is 0 Å². The molecule has 1 saturated heterocycles. The van der Waals surface area contributed by atoms with E-state index >= 15 is 0 Å². The lowest BCUT2D eigenvalue weighted by Crippen LogP contribution is -2.38. The summed E-state index contributed by atoms with van der Waals surface area (Å²) in [6.45, 7) is 3.44. The van der Waals surface area contributed by atoms with E-state index in [-0.39, 0.29) is 11.8 Å². The lowest BCUT2D eigenvalue weighted by Gasteiger charge is -2.27. The van der Waals surface area contributed by atoms with Gasteiger partial charge in [0.25, 0.3) is 5.91 Å². The predicted octanol–water partition coefficient (Wildman–Crippen LogP) is 1.49. The zero-order valence-electron chi connectivity index (χ0n) is 14.8. The van der Waals surface area contributed by atoms with E-state index in [1.807, 2.05) is 32.7 Å². The summed E-state index contributed by atoms with van der Waals surface area (Å²) in [5.41, 5.74) is 2.52. The van der Waals surface area contributed by atoms with E-state index in [9.17, 15) is 9.59 Å². The SMILES string of the molecule is O=C(CCc1cccnc1)N1CCn2nc(C(=O)N3CCCC3)cc2C1. The topological polar surface area (TPSA) is 71.3 Å². The first-order chi connectivity index (χ1) is 12.7. The van der Waals surface area contributed by atoms with Gasteiger partial charge >= 0.3 is 0 Å². The third-order valence-corrected chi connectivity index (χ3v) is 5.11. The van der Waals surface area contributed by atoms with Crippen molar-refractivity contribution >= 4 is 11.8 Å². The fourth-order valence-electron chi connectivity index (χ4n) is 3.62. The van der Waals surface area contributed by atoms with Crippen LogP contribution in [0.5, 0.6) is 0 Å². The average molecular weight is 353 g/mol. The van der Waals surface area contributed by atoms with Gasteiger partial charge < -0.3 is 9.80 Å². The van der Waals surface area contributed by atoms with Gasteiger partial charge in [0.15, 0.2) is 5.69 Å². The van der Waals surface area contributed by atoms with Crippen molar-refractivity contribution in [1.29, 1.82) is 0 Å². The number of nitrogens with zero attached hydrogens (tertiary/aromatic N) is 5. The van der Waals surface area contributed by atoms with Gasteiger partial charge in [-0.25, -0.2) is 0 Å². The summed E-state index contributed by atoms with van der Waals surface area (Å²) in [7, 11) is 0. The fraction of sp³-hybridized carbons (Fsp3) is 0.474. The monoisotopic (exact) mass is 353 g/mol. The van der Waals surface area contributed by atoms with Gasteiger partial charge in [-0.2, -0.15) is 5.10 Å². The Morgan fingerprint density at radius 2 is 1.92 bits per heavy atom. The van der Waals surface area contributed by atoms with Crippen molar-refractivity contribution in [2.24, 2.45) is 0 Å². The van der Waals surface area contributed by atoms with E-state index in [2.05, 4.69) is 10.1 Å². The molecule has 0 radical (unpaired) electrons. The second-order valence-corrected chi connectivity index (χ2v) is 6.92. The highest BCUT2D eigenvalue weighted by atomic mass is 16.2. The zero-order valence-corrected chi connectivity index (χ0v) is 14.8. The predicted molar refractivity (Wildman–Crippen MR) is 95.3 cm³/mol. The first kappa shape index (κ1) is 16.8. The van der Waals surface area contributed by atoms with Crippen LogP contribution < -0.4 is 0 Å². The number of pyridine rings is 1. The highest BCUT2D eigenvalue weighted by Gasteiger charge is 2.26. The summed E-state index contributed by atoms with van der Waals surface area (Å²) in [5, 5.41) is 4.46. The Morgan fingerprint density at radius 1 is 1.08 bits per heavy atom. The number of fused-ring (bicyclic) bond motifs is 1. The molecule has 1 fully saturated rings. The van der Waals surface area contributed by atoms with Crippen LogP contribution in [0, 0.1) is 0 Å². The average Bonchev–Trinajstić information content (AvgIpc) is 3.35. The molecule has 0 unspecified atom stereocenters. The Hall–Kier alpha value is -2.70. The molecule has 7 heteroatoms. The van der Waals surface area contributed by atoms with Crippen molar-refractivity contribution in [3.05, 3.63) is 47.5 Å². The van der Waals surface area contributed by atoms with Crippen molar-refractivity contribution in [2.45, 2.75) is 38.8 Å². The normalized spacial score (nSPS) is 16.6. The number of likely N-dealkylation sites (tertiary alicyclic amines) is 1. The molecule has 136 valence electrons. The number of carbonyl (C=O) groups excluding carboxylic acids is 2. The van der Waals surface area contributed by atoms with Crippen LogP contribution >= 0.6 is 0 Å².